The van der Waals surface area contributed by atoms with Gasteiger partial charge in [-0.15, -0.1) is 0 Å². The molecule has 1 aromatic rings. The first-order valence-corrected chi connectivity index (χ1v) is 7.87. The molecule has 5 nitrogen and oxygen atoms in total. The van der Waals surface area contributed by atoms with Crippen molar-refractivity contribution in [1.29, 1.82) is 0 Å². The minimum absolute atomic E-state index is 0.0646. The Morgan fingerprint density at radius 2 is 2.23 bits per heavy atom. The van der Waals surface area contributed by atoms with Crippen LogP contribution in [-0.2, 0) is 16.1 Å². The van der Waals surface area contributed by atoms with E-state index in [1.165, 1.54) is 30.2 Å². The first kappa shape index (κ1) is 16.3. The Balaban J connectivity index is 1.73. The van der Waals surface area contributed by atoms with Gasteiger partial charge in [-0.3, -0.25) is 9.59 Å². The number of amides is 2. The molecule has 0 unspecified atom stereocenters. The predicted octanol–water partition coefficient (Wildman–Crippen LogP) is 2.63. The van der Waals surface area contributed by atoms with E-state index in [-0.39, 0.29) is 18.4 Å². The molecule has 1 N–H and O–H groups in total. The van der Waals surface area contributed by atoms with Crippen LogP contribution in [0.1, 0.15) is 44.8 Å². The van der Waals surface area contributed by atoms with Crippen LogP contribution in [0.3, 0.4) is 0 Å². The van der Waals surface area contributed by atoms with E-state index in [4.69, 9.17) is 4.42 Å². The second kappa shape index (κ2) is 8.41. The molecule has 1 heterocycles. The van der Waals surface area contributed by atoms with Gasteiger partial charge in [0.15, 0.2) is 0 Å². The Morgan fingerprint density at radius 3 is 2.86 bits per heavy atom. The second-order valence-corrected chi connectivity index (χ2v) is 5.66. The van der Waals surface area contributed by atoms with E-state index >= 15 is 0 Å². The molecule has 0 atom stereocenters. The molecular weight excluding hydrogens is 280 g/mol. The van der Waals surface area contributed by atoms with Crippen LogP contribution < -0.4 is 5.32 Å². The zero-order valence-electron chi connectivity index (χ0n) is 13.1. The lowest BCUT2D eigenvalue weighted by Crippen LogP contribution is -2.39. The molecule has 5 heteroatoms. The van der Waals surface area contributed by atoms with Gasteiger partial charge in [-0.05, 0) is 44.2 Å². The predicted molar refractivity (Wildman–Crippen MR) is 84.0 cm³/mol. The molecule has 0 bridgehead atoms. The van der Waals surface area contributed by atoms with E-state index < -0.39 is 0 Å². The van der Waals surface area contributed by atoms with Crippen molar-refractivity contribution < 1.29 is 14.0 Å². The van der Waals surface area contributed by atoms with E-state index in [9.17, 15) is 9.59 Å². The van der Waals surface area contributed by atoms with E-state index in [0.717, 1.165) is 19.3 Å². The number of carbonyl (C=O) groups excluding carboxylic acids is 2. The van der Waals surface area contributed by atoms with Crippen LogP contribution in [0.25, 0.3) is 0 Å². The molecule has 0 aliphatic heterocycles. The third-order valence-corrected chi connectivity index (χ3v) is 3.86. The summed E-state index contributed by atoms with van der Waals surface area (Å²) in [5, 5.41) is 2.89. The van der Waals surface area contributed by atoms with Crippen LogP contribution in [0.15, 0.2) is 34.5 Å². The van der Waals surface area contributed by atoms with Crippen LogP contribution in [-0.4, -0.2) is 29.8 Å². The largest absolute Gasteiger partial charge is 0.467 e. The summed E-state index contributed by atoms with van der Waals surface area (Å²) in [5.41, 5.74) is 1.44. The van der Waals surface area contributed by atoms with Crippen LogP contribution in [0.5, 0.6) is 0 Å². The maximum absolute atomic E-state index is 12.0. The molecule has 0 radical (unpaired) electrons. The number of nitrogens with zero attached hydrogens (tertiary/aromatic N) is 1. The van der Waals surface area contributed by atoms with Gasteiger partial charge in [0.05, 0.1) is 19.4 Å². The van der Waals surface area contributed by atoms with Crippen molar-refractivity contribution in [3.8, 4) is 0 Å². The van der Waals surface area contributed by atoms with Crippen LogP contribution in [0, 0.1) is 0 Å². The van der Waals surface area contributed by atoms with Gasteiger partial charge in [-0.25, -0.2) is 0 Å². The highest BCUT2D eigenvalue weighted by molar-refractivity contribution is 5.83. The van der Waals surface area contributed by atoms with Gasteiger partial charge in [-0.1, -0.05) is 11.6 Å². The zero-order chi connectivity index (χ0) is 15.8. The van der Waals surface area contributed by atoms with Crippen LogP contribution in [0.4, 0.5) is 0 Å². The van der Waals surface area contributed by atoms with Crippen molar-refractivity contribution in [1.82, 2.24) is 10.2 Å². The topological polar surface area (TPSA) is 62.6 Å². The number of nitrogens with one attached hydrogen (secondary N) is 1. The number of hydrogen-bond donors (Lipinski definition) is 1. The van der Waals surface area contributed by atoms with Gasteiger partial charge in [-0.2, -0.15) is 0 Å². The number of furan rings is 1. The van der Waals surface area contributed by atoms with Crippen molar-refractivity contribution in [2.24, 2.45) is 0 Å². The number of carbonyl (C=O) groups is 2. The molecule has 2 amide bonds. The summed E-state index contributed by atoms with van der Waals surface area (Å²) in [6.45, 7) is 2.48. The van der Waals surface area contributed by atoms with Crippen LogP contribution in [0.2, 0.25) is 0 Å². The molecule has 0 saturated carbocycles. The lowest BCUT2D eigenvalue weighted by atomic mass is 9.97. The molecule has 0 spiro atoms. The molecule has 2 rings (SSSR count). The smallest absolute Gasteiger partial charge is 0.239 e. The van der Waals surface area contributed by atoms with Gasteiger partial charge >= 0.3 is 0 Å². The maximum Gasteiger partial charge on any atom is 0.239 e. The molecule has 120 valence electrons. The average molecular weight is 304 g/mol. The third-order valence-electron chi connectivity index (χ3n) is 3.86. The zero-order valence-corrected chi connectivity index (χ0v) is 13.1. The lowest BCUT2D eigenvalue weighted by Gasteiger charge is -2.19. The molecular formula is C17H24N2O3. The molecule has 0 fully saturated rings. The summed E-state index contributed by atoms with van der Waals surface area (Å²) >= 11 is 0. The highest BCUT2D eigenvalue weighted by atomic mass is 16.3. The fourth-order valence-corrected chi connectivity index (χ4v) is 2.59. The Hall–Kier alpha value is -2.04. The van der Waals surface area contributed by atoms with Crippen molar-refractivity contribution in [2.45, 2.75) is 45.6 Å². The second-order valence-electron chi connectivity index (χ2n) is 5.66. The molecule has 1 aliphatic rings. The van der Waals surface area contributed by atoms with Gasteiger partial charge in [0.1, 0.15) is 5.76 Å². The molecule has 0 saturated heterocycles. The normalized spacial score (nSPS) is 14.3. The Kier molecular flexibility index (Phi) is 6.25. The summed E-state index contributed by atoms with van der Waals surface area (Å²) in [7, 11) is 0. The Labute approximate surface area is 131 Å². The van der Waals surface area contributed by atoms with Gasteiger partial charge < -0.3 is 14.6 Å². The highest BCUT2D eigenvalue weighted by Crippen LogP contribution is 2.19. The maximum atomic E-state index is 12.0. The van der Waals surface area contributed by atoms with E-state index in [2.05, 4.69) is 11.4 Å². The van der Waals surface area contributed by atoms with Crippen LogP contribution >= 0.6 is 0 Å². The van der Waals surface area contributed by atoms with Gasteiger partial charge in [0.2, 0.25) is 11.8 Å². The first-order chi connectivity index (χ1) is 10.6. The van der Waals surface area contributed by atoms with Gasteiger partial charge in [0.25, 0.3) is 0 Å². The summed E-state index contributed by atoms with van der Waals surface area (Å²) in [5.74, 6) is 0.412. The fourth-order valence-electron chi connectivity index (χ4n) is 2.59. The Morgan fingerprint density at radius 1 is 1.36 bits per heavy atom. The monoisotopic (exact) mass is 304 g/mol. The molecule has 0 aromatic carbocycles. The lowest BCUT2D eigenvalue weighted by molar-refractivity contribution is -0.135. The summed E-state index contributed by atoms with van der Waals surface area (Å²) in [4.78, 5) is 25.1. The quantitative estimate of drug-likeness (QED) is 0.788. The van der Waals surface area contributed by atoms with Crippen molar-refractivity contribution in [2.75, 3.05) is 13.1 Å². The molecule has 1 aliphatic carbocycles. The highest BCUT2D eigenvalue weighted by Gasteiger charge is 2.15. The van der Waals surface area contributed by atoms with Crippen molar-refractivity contribution in [3.63, 3.8) is 0 Å². The first-order valence-electron chi connectivity index (χ1n) is 7.87. The van der Waals surface area contributed by atoms with Crippen molar-refractivity contribution >= 4 is 11.8 Å². The molecule has 22 heavy (non-hydrogen) atoms. The molecule has 1 aromatic heterocycles. The van der Waals surface area contributed by atoms with E-state index in [1.807, 2.05) is 0 Å². The minimum Gasteiger partial charge on any atom is -0.467 e. The van der Waals surface area contributed by atoms with E-state index in [0.29, 0.717) is 18.8 Å². The number of hydrogen-bond acceptors (Lipinski definition) is 3. The standard InChI is InChI=1S/C17H24N2O3/c1-14(20)19(12-16-8-5-11-22-16)13-17(21)18-10-9-15-6-3-2-4-7-15/h5-6,8,11H,2-4,7,9-10,12-13H2,1H3,(H,18,21). The number of allylic oxidation sites excluding steroid dienone is 1. The fraction of sp³-hybridized carbons (Fsp3) is 0.529. The van der Waals surface area contributed by atoms with Gasteiger partial charge in [0, 0.05) is 13.5 Å². The summed E-state index contributed by atoms with van der Waals surface area (Å²) in [6, 6.07) is 3.56. The average Bonchev–Trinajstić information content (AvgIpc) is 3.00. The minimum atomic E-state index is -0.137. The van der Waals surface area contributed by atoms with Crippen molar-refractivity contribution in [3.05, 3.63) is 35.8 Å². The van der Waals surface area contributed by atoms with E-state index in [1.54, 1.807) is 18.4 Å². The number of rotatable bonds is 7. The third kappa shape index (κ3) is 5.39. The SMILES string of the molecule is CC(=O)N(CC(=O)NCCC1=CCCCC1)Cc1ccco1. The summed E-state index contributed by atoms with van der Waals surface area (Å²) < 4.78 is 5.22. The summed E-state index contributed by atoms with van der Waals surface area (Å²) in [6.07, 6.45) is 9.58. The Bertz CT molecular complexity index is 520.